The summed E-state index contributed by atoms with van der Waals surface area (Å²) < 4.78 is 1.99. The number of rotatable bonds is 6. The molecule has 1 amide bonds. The lowest BCUT2D eigenvalue weighted by Gasteiger charge is -2.22. The highest BCUT2D eigenvalue weighted by Crippen LogP contribution is 2.18. The quantitative estimate of drug-likeness (QED) is 0.393. The lowest BCUT2D eigenvalue weighted by atomic mass is 10.4. The minimum absolute atomic E-state index is 0. The Hall–Kier alpha value is -0.960. The van der Waals surface area contributed by atoms with Gasteiger partial charge in [-0.25, -0.2) is 4.99 Å². The van der Waals surface area contributed by atoms with Gasteiger partial charge in [-0.1, -0.05) is 11.6 Å². The molecule has 130 valence electrons. The maximum atomic E-state index is 11.8. The minimum atomic E-state index is -0.0202. The average molecular weight is 454 g/mol. The number of halogens is 2. The third-order valence-corrected chi connectivity index (χ3v) is 3.69. The van der Waals surface area contributed by atoms with Gasteiger partial charge in [0.1, 0.15) is 6.54 Å². The van der Waals surface area contributed by atoms with Crippen LogP contribution in [0.5, 0.6) is 0 Å². The van der Waals surface area contributed by atoms with Gasteiger partial charge in [0.05, 0.1) is 11.6 Å². The van der Waals surface area contributed by atoms with Crippen molar-refractivity contribution in [1.29, 1.82) is 0 Å². The summed E-state index contributed by atoms with van der Waals surface area (Å²) in [6.07, 6.45) is 4.05. The van der Waals surface area contributed by atoms with E-state index < -0.39 is 0 Å². The number of amides is 1. The van der Waals surface area contributed by atoms with Crippen molar-refractivity contribution in [2.75, 3.05) is 20.1 Å². The first-order chi connectivity index (χ1) is 10.5. The largest absolute Gasteiger partial charge is 0.357 e. The molecule has 2 rings (SSSR count). The van der Waals surface area contributed by atoms with Crippen molar-refractivity contribution in [3.8, 4) is 0 Å². The Morgan fingerprint density at radius 3 is 2.74 bits per heavy atom. The summed E-state index contributed by atoms with van der Waals surface area (Å²) >= 11 is 6.01. The fraction of sp³-hybridized carbons (Fsp3) is 0.600. The van der Waals surface area contributed by atoms with Gasteiger partial charge >= 0.3 is 0 Å². The van der Waals surface area contributed by atoms with Crippen LogP contribution in [0.2, 0.25) is 5.02 Å². The van der Waals surface area contributed by atoms with Gasteiger partial charge in [0.2, 0.25) is 5.91 Å². The molecule has 0 unspecified atom stereocenters. The number of aliphatic imine (C=N–C) groups is 1. The van der Waals surface area contributed by atoms with Gasteiger partial charge in [0.15, 0.2) is 5.96 Å². The van der Waals surface area contributed by atoms with E-state index in [4.69, 9.17) is 11.6 Å². The first-order valence-electron chi connectivity index (χ1n) is 7.59. The topological polar surface area (TPSA) is 61.7 Å². The molecule has 1 heterocycles. The molecule has 0 aromatic carbocycles. The van der Waals surface area contributed by atoms with Crippen LogP contribution in [-0.2, 0) is 18.4 Å². The number of guanidine groups is 1. The van der Waals surface area contributed by atoms with Crippen molar-refractivity contribution in [1.82, 2.24) is 20.1 Å². The molecule has 1 aliphatic carbocycles. The summed E-state index contributed by atoms with van der Waals surface area (Å²) in [7, 11) is 3.91. The second-order valence-electron chi connectivity index (χ2n) is 5.63. The van der Waals surface area contributed by atoms with E-state index >= 15 is 0 Å². The standard InChI is InChI=1S/C15H24ClN5O.HI/c1-4-17-15(18-8-14(22)19-12-5-6-12)21(3)10-13-7-11(16)9-20(13)2;/h7,9,12H,4-6,8,10H2,1-3H3,(H,17,18)(H,19,22);1H. The number of aryl methyl sites for hydroxylation is 1. The van der Waals surface area contributed by atoms with Crippen molar-refractivity contribution in [3.05, 3.63) is 23.0 Å². The zero-order valence-electron chi connectivity index (χ0n) is 13.8. The van der Waals surface area contributed by atoms with Crippen molar-refractivity contribution in [2.24, 2.45) is 12.0 Å². The number of carbonyl (C=O) groups is 1. The smallest absolute Gasteiger partial charge is 0.242 e. The van der Waals surface area contributed by atoms with Crippen LogP contribution in [0.3, 0.4) is 0 Å². The molecule has 0 aliphatic heterocycles. The van der Waals surface area contributed by atoms with E-state index in [1.165, 1.54) is 0 Å². The molecule has 1 aromatic heterocycles. The lowest BCUT2D eigenvalue weighted by molar-refractivity contribution is -0.119. The van der Waals surface area contributed by atoms with Gasteiger partial charge in [0, 0.05) is 38.6 Å². The molecular formula is C15H25ClIN5O. The minimum Gasteiger partial charge on any atom is -0.357 e. The number of carbonyl (C=O) groups excluding carboxylic acids is 1. The lowest BCUT2D eigenvalue weighted by Crippen LogP contribution is -2.40. The Balaban J connectivity index is 0.00000264. The molecule has 0 atom stereocenters. The van der Waals surface area contributed by atoms with Crippen LogP contribution in [0.25, 0.3) is 0 Å². The second-order valence-corrected chi connectivity index (χ2v) is 6.07. The number of hydrogen-bond donors (Lipinski definition) is 2. The molecule has 0 saturated heterocycles. The van der Waals surface area contributed by atoms with E-state index in [-0.39, 0.29) is 36.4 Å². The van der Waals surface area contributed by atoms with Crippen LogP contribution in [0, 0.1) is 0 Å². The van der Waals surface area contributed by atoms with Crippen LogP contribution in [0.15, 0.2) is 17.3 Å². The van der Waals surface area contributed by atoms with Gasteiger partial charge in [0.25, 0.3) is 0 Å². The SMILES string of the molecule is CCNC(=NCC(=O)NC1CC1)N(C)Cc1cc(Cl)cn1C.I. The number of nitrogens with zero attached hydrogens (tertiary/aromatic N) is 3. The molecule has 2 N–H and O–H groups in total. The molecule has 0 spiro atoms. The number of hydrogen-bond acceptors (Lipinski definition) is 2. The molecule has 0 bridgehead atoms. The van der Waals surface area contributed by atoms with E-state index in [0.717, 1.165) is 30.1 Å². The third kappa shape index (κ3) is 6.58. The van der Waals surface area contributed by atoms with Crippen molar-refractivity contribution < 1.29 is 4.79 Å². The van der Waals surface area contributed by atoms with Gasteiger partial charge in [-0.05, 0) is 25.8 Å². The van der Waals surface area contributed by atoms with Gasteiger partial charge < -0.3 is 20.1 Å². The first kappa shape index (κ1) is 20.1. The summed E-state index contributed by atoms with van der Waals surface area (Å²) in [6, 6.07) is 2.30. The molecule has 1 fully saturated rings. The zero-order chi connectivity index (χ0) is 16.1. The third-order valence-electron chi connectivity index (χ3n) is 3.49. The highest BCUT2D eigenvalue weighted by molar-refractivity contribution is 14.0. The first-order valence-corrected chi connectivity index (χ1v) is 7.97. The van der Waals surface area contributed by atoms with Gasteiger partial charge in [-0.15, -0.1) is 24.0 Å². The van der Waals surface area contributed by atoms with Crippen LogP contribution in [0.1, 0.15) is 25.5 Å². The summed E-state index contributed by atoms with van der Waals surface area (Å²) in [5, 5.41) is 6.86. The summed E-state index contributed by atoms with van der Waals surface area (Å²) in [4.78, 5) is 18.1. The molecule has 0 radical (unpaired) electrons. The molecule has 6 nitrogen and oxygen atoms in total. The van der Waals surface area contributed by atoms with Crippen LogP contribution < -0.4 is 10.6 Å². The zero-order valence-corrected chi connectivity index (χ0v) is 16.9. The second kappa shape index (κ2) is 9.36. The van der Waals surface area contributed by atoms with Crippen LogP contribution in [0.4, 0.5) is 0 Å². The van der Waals surface area contributed by atoms with Crippen molar-refractivity contribution in [2.45, 2.75) is 32.4 Å². The fourth-order valence-corrected chi connectivity index (χ4v) is 2.43. The molecule has 1 saturated carbocycles. The van der Waals surface area contributed by atoms with Gasteiger partial charge in [-0.2, -0.15) is 0 Å². The van der Waals surface area contributed by atoms with E-state index in [1.54, 1.807) is 0 Å². The fourth-order valence-electron chi connectivity index (χ4n) is 2.16. The molecular weight excluding hydrogens is 429 g/mol. The molecule has 8 heteroatoms. The van der Waals surface area contributed by atoms with E-state index in [9.17, 15) is 4.79 Å². The molecule has 1 aliphatic rings. The highest BCUT2D eigenvalue weighted by atomic mass is 127. The summed E-state index contributed by atoms with van der Waals surface area (Å²) in [5.74, 6) is 0.694. The normalized spacial score (nSPS) is 14.2. The summed E-state index contributed by atoms with van der Waals surface area (Å²) in [5.41, 5.74) is 1.08. The maximum Gasteiger partial charge on any atom is 0.242 e. The van der Waals surface area contributed by atoms with Crippen LogP contribution >= 0.6 is 35.6 Å². The van der Waals surface area contributed by atoms with E-state index in [2.05, 4.69) is 15.6 Å². The van der Waals surface area contributed by atoms with Crippen molar-refractivity contribution in [3.63, 3.8) is 0 Å². The average Bonchev–Trinajstić information content (AvgIpc) is 3.20. The van der Waals surface area contributed by atoms with Crippen LogP contribution in [-0.4, -0.2) is 47.5 Å². The maximum absolute atomic E-state index is 11.8. The predicted octanol–water partition coefficient (Wildman–Crippen LogP) is 1.97. The summed E-state index contributed by atoms with van der Waals surface area (Å²) in [6.45, 7) is 3.57. The monoisotopic (exact) mass is 453 g/mol. The predicted molar refractivity (Wildman–Crippen MR) is 104 cm³/mol. The molecule has 23 heavy (non-hydrogen) atoms. The van der Waals surface area contributed by atoms with Crippen molar-refractivity contribution >= 4 is 47.4 Å². The highest BCUT2D eigenvalue weighted by Gasteiger charge is 2.23. The number of aromatic nitrogens is 1. The Morgan fingerprint density at radius 2 is 2.22 bits per heavy atom. The Morgan fingerprint density at radius 1 is 1.52 bits per heavy atom. The Labute approximate surface area is 159 Å². The molecule has 1 aromatic rings. The Kier molecular flexibility index (Phi) is 8.18. The van der Waals surface area contributed by atoms with E-state index in [0.29, 0.717) is 18.5 Å². The van der Waals surface area contributed by atoms with E-state index in [1.807, 2.05) is 42.7 Å². The van der Waals surface area contributed by atoms with Gasteiger partial charge in [-0.3, -0.25) is 4.79 Å². The number of nitrogens with one attached hydrogen (secondary N) is 2. The Bertz CT molecular complexity index is 556.